The number of nitrogens with one attached hydrogen (secondary N) is 1. The second-order valence-corrected chi connectivity index (χ2v) is 14.5. The lowest BCUT2D eigenvalue weighted by Crippen LogP contribution is -2.48. The van der Waals surface area contributed by atoms with E-state index in [1.54, 1.807) is 0 Å². The highest BCUT2D eigenvalue weighted by Gasteiger charge is 2.41. The summed E-state index contributed by atoms with van der Waals surface area (Å²) < 4.78 is 6.65. The molecular weight excluding hydrogens is 350 g/mol. The highest BCUT2D eigenvalue weighted by atomic mass is 28.4. The fourth-order valence-electron chi connectivity index (χ4n) is 3.28. The lowest BCUT2D eigenvalue weighted by Gasteiger charge is -2.40. The van der Waals surface area contributed by atoms with Gasteiger partial charge in [-0.15, -0.1) is 0 Å². The maximum Gasteiger partial charge on any atom is 0.220 e. The summed E-state index contributed by atoms with van der Waals surface area (Å²) in [6.07, 6.45) is 18.0. The number of carbonyl (C=O) groups is 1. The molecule has 1 heterocycles. The van der Waals surface area contributed by atoms with Gasteiger partial charge in [0, 0.05) is 6.42 Å². The van der Waals surface area contributed by atoms with Crippen LogP contribution in [0.5, 0.6) is 0 Å². The Balaban J connectivity index is 2.43. The van der Waals surface area contributed by atoms with Gasteiger partial charge in [-0.3, -0.25) is 4.79 Å². The van der Waals surface area contributed by atoms with Crippen LogP contribution in [0.15, 0.2) is 12.2 Å². The first-order valence-corrected chi connectivity index (χ1v) is 14.2. The molecule has 158 valence electrons. The molecule has 0 saturated carbocycles. The topological polar surface area (TPSA) is 38.3 Å². The molecule has 27 heavy (non-hydrogen) atoms. The van der Waals surface area contributed by atoms with Crippen molar-refractivity contribution in [2.24, 2.45) is 0 Å². The predicted molar refractivity (Wildman–Crippen MR) is 120 cm³/mol. The van der Waals surface area contributed by atoms with Crippen LogP contribution in [0.2, 0.25) is 18.1 Å². The molecule has 0 aromatic heterocycles. The minimum absolute atomic E-state index is 0.0198. The van der Waals surface area contributed by atoms with Crippen molar-refractivity contribution in [2.45, 2.75) is 129 Å². The average Bonchev–Trinajstić information content (AvgIpc) is 3.00. The normalized spacial score (nSPS) is 19.6. The van der Waals surface area contributed by atoms with Crippen LogP contribution < -0.4 is 5.32 Å². The summed E-state index contributed by atoms with van der Waals surface area (Å²) >= 11 is 0. The van der Waals surface area contributed by atoms with Gasteiger partial charge in [0.2, 0.25) is 5.91 Å². The van der Waals surface area contributed by atoms with Crippen LogP contribution >= 0.6 is 0 Å². The molecule has 2 atom stereocenters. The third-order valence-corrected chi connectivity index (χ3v) is 10.7. The fraction of sp³-hybridized carbons (Fsp3) is 0.870. The van der Waals surface area contributed by atoms with Crippen LogP contribution in [0.1, 0.15) is 98.3 Å². The van der Waals surface area contributed by atoms with Gasteiger partial charge in [-0.25, -0.2) is 0 Å². The van der Waals surface area contributed by atoms with Crippen LogP contribution in [0.3, 0.4) is 0 Å². The van der Waals surface area contributed by atoms with Gasteiger partial charge >= 0.3 is 0 Å². The SMILES string of the molecule is CCCCCCCCCC/C=C/[C@@H](O[Si](C)(C)C(C)(C)C)[C@H]1CCC(=O)N1. The van der Waals surface area contributed by atoms with E-state index in [2.05, 4.69) is 58.3 Å². The number of amides is 1. The van der Waals surface area contributed by atoms with Crippen molar-refractivity contribution in [3.05, 3.63) is 12.2 Å². The molecule has 4 heteroatoms. The zero-order valence-electron chi connectivity index (χ0n) is 18.9. The van der Waals surface area contributed by atoms with Crippen LogP contribution in [0.4, 0.5) is 0 Å². The molecule has 0 spiro atoms. The minimum Gasteiger partial charge on any atom is -0.408 e. The van der Waals surface area contributed by atoms with E-state index in [-0.39, 0.29) is 23.1 Å². The highest BCUT2D eigenvalue weighted by Crippen LogP contribution is 2.38. The van der Waals surface area contributed by atoms with E-state index in [0.29, 0.717) is 6.42 Å². The Kier molecular flexibility index (Phi) is 10.9. The predicted octanol–water partition coefficient (Wildman–Crippen LogP) is 6.74. The Labute approximate surface area is 169 Å². The monoisotopic (exact) mass is 395 g/mol. The van der Waals surface area contributed by atoms with Crippen molar-refractivity contribution in [1.29, 1.82) is 0 Å². The molecule has 0 unspecified atom stereocenters. The van der Waals surface area contributed by atoms with Crippen molar-refractivity contribution in [3.63, 3.8) is 0 Å². The van der Waals surface area contributed by atoms with Crippen LogP contribution in [0, 0.1) is 0 Å². The van der Waals surface area contributed by atoms with Gasteiger partial charge in [0.25, 0.3) is 0 Å². The van der Waals surface area contributed by atoms with E-state index in [0.717, 1.165) is 12.8 Å². The zero-order chi connectivity index (χ0) is 20.3. The van der Waals surface area contributed by atoms with Crippen molar-refractivity contribution < 1.29 is 9.22 Å². The Hall–Kier alpha value is -0.613. The first-order chi connectivity index (χ1) is 12.7. The summed E-state index contributed by atoms with van der Waals surface area (Å²) in [4.78, 5) is 11.7. The molecule has 1 rings (SSSR count). The van der Waals surface area contributed by atoms with Crippen LogP contribution in [0.25, 0.3) is 0 Å². The second kappa shape index (κ2) is 12.1. The Morgan fingerprint density at radius 2 is 1.70 bits per heavy atom. The Morgan fingerprint density at radius 1 is 1.11 bits per heavy atom. The van der Waals surface area contributed by atoms with Gasteiger partial charge in [0.15, 0.2) is 8.32 Å². The zero-order valence-corrected chi connectivity index (χ0v) is 19.9. The van der Waals surface area contributed by atoms with E-state index in [1.807, 2.05) is 0 Å². The smallest absolute Gasteiger partial charge is 0.220 e. The number of unbranched alkanes of at least 4 members (excludes halogenated alkanes) is 8. The van der Waals surface area contributed by atoms with E-state index in [1.165, 1.54) is 51.4 Å². The lowest BCUT2D eigenvalue weighted by atomic mass is 10.1. The lowest BCUT2D eigenvalue weighted by molar-refractivity contribution is -0.119. The number of hydrogen-bond acceptors (Lipinski definition) is 2. The molecule has 3 nitrogen and oxygen atoms in total. The molecule has 1 saturated heterocycles. The van der Waals surface area contributed by atoms with Gasteiger partial charge in [0.05, 0.1) is 12.1 Å². The average molecular weight is 396 g/mol. The second-order valence-electron chi connectivity index (χ2n) is 9.75. The molecule has 0 aromatic rings. The highest BCUT2D eigenvalue weighted by molar-refractivity contribution is 6.74. The summed E-state index contributed by atoms with van der Waals surface area (Å²) in [5, 5.41) is 3.30. The van der Waals surface area contributed by atoms with Crippen LogP contribution in [-0.4, -0.2) is 26.4 Å². The van der Waals surface area contributed by atoms with Crippen molar-refractivity contribution in [3.8, 4) is 0 Å². The van der Waals surface area contributed by atoms with Gasteiger partial charge in [-0.05, 0) is 37.4 Å². The number of allylic oxidation sites excluding steroid dienone is 1. The summed E-state index contributed by atoms with van der Waals surface area (Å²) in [6.45, 7) is 13.7. The van der Waals surface area contributed by atoms with Gasteiger partial charge in [-0.2, -0.15) is 0 Å². The maximum absolute atomic E-state index is 11.7. The number of carbonyl (C=O) groups excluding carboxylic acids is 1. The summed E-state index contributed by atoms with van der Waals surface area (Å²) in [6, 6.07) is 0.140. The molecule has 1 aliphatic rings. The minimum atomic E-state index is -1.86. The van der Waals surface area contributed by atoms with Gasteiger partial charge in [-0.1, -0.05) is 84.8 Å². The van der Waals surface area contributed by atoms with E-state index < -0.39 is 8.32 Å². The third kappa shape index (κ3) is 9.42. The fourth-order valence-corrected chi connectivity index (χ4v) is 4.56. The van der Waals surface area contributed by atoms with Crippen LogP contribution in [-0.2, 0) is 9.22 Å². The Bertz CT molecular complexity index is 454. The first-order valence-electron chi connectivity index (χ1n) is 11.3. The molecule has 1 aliphatic heterocycles. The molecule has 0 aromatic carbocycles. The Morgan fingerprint density at radius 3 is 2.22 bits per heavy atom. The third-order valence-electron chi connectivity index (χ3n) is 6.21. The van der Waals surface area contributed by atoms with Crippen molar-refractivity contribution >= 4 is 14.2 Å². The summed E-state index contributed by atoms with van der Waals surface area (Å²) in [5.74, 6) is 0.167. The maximum atomic E-state index is 11.7. The molecule has 0 radical (unpaired) electrons. The van der Waals surface area contributed by atoms with E-state index in [9.17, 15) is 4.79 Å². The molecule has 0 aliphatic carbocycles. The summed E-state index contributed by atoms with van der Waals surface area (Å²) in [5.41, 5.74) is 0. The molecule has 1 N–H and O–H groups in total. The van der Waals surface area contributed by atoms with Crippen molar-refractivity contribution in [2.75, 3.05) is 0 Å². The number of hydrogen-bond donors (Lipinski definition) is 1. The van der Waals surface area contributed by atoms with E-state index >= 15 is 0 Å². The molecule has 1 amide bonds. The van der Waals surface area contributed by atoms with Gasteiger partial charge in [0.1, 0.15) is 0 Å². The standard InChI is InChI=1S/C23H45NO2Si/c1-7-8-9-10-11-12-13-14-15-16-17-21(20-18-19-22(25)24-20)26-27(5,6)23(2,3)4/h16-17,20-21H,7-15,18-19H2,1-6H3,(H,24,25)/b17-16+/t20-,21-/m1/s1. The van der Waals surface area contributed by atoms with Crippen molar-refractivity contribution in [1.82, 2.24) is 5.32 Å². The quantitative estimate of drug-likeness (QED) is 0.213. The molecular formula is C23H45NO2Si. The largest absolute Gasteiger partial charge is 0.408 e. The molecule has 0 bridgehead atoms. The summed E-state index contributed by atoms with van der Waals surface area (Å²) in [7, 11) is -1.86. The van der Waals surface area contributed by atoms with Gasteiger partial charge < -0.3 is 9.74 Å². The number of rotatable bonds is 13. The van der Waals surface area contributed by atoms with E-state index in [4.69, 9.17) is 4.43 Å². The first kappa shape index (κ1) is 24.4. The molecule has 1 fully saturated rings.